The van der Waals surface area contributed by atoms with Crippen LogP contribution in [0.15, 0.2) is 24.3 Å². The van der Waals surface area contributed by atoms with Gasteiger partial charge in [-0.25, -0.2) is 0 Å². The number of fused-ring (bicyclic) bond motifs is 2. The molecular formula is C32H28O8S2. The van der Waals surface area contributed by atoms with Gasteiger partial charge in [-0.2, -0.15) is 0 Å². The van der Waals surface area contributed by atoms with E-state index in [0.717, 1.165) is 61.9 Å². The van der Waals surface area contributed by atoms with E-state index in [1.54, 1.807) is 79.6 Å². The Balaban J connectivity index is 1.97. The first-order chi connectivity index (χ1) is 20.5. The average Bonchev–Trinajstić information content (AvgIpc) is 3.61. The monoisotopic (exact) mass is 604 g/mol. The molecule has 8 nitrogen and oxygen atoms in total. The third-order valence-electron chi connectivity index (χ3n) is 7.99. The minimum atomic E-state index is 0.626. The summed E-state index contributed by atoms with van der Waals surface area (Å²) in [6.45, 7) is 0. The zero-order valence-corrected chi connectivity index (χ0v) is 26.0. The van der Waals surface area contributed by atoms with Crippen LogP contribution in [0.3, 0.4) is 0 Å². The van der Waals surface area contributed by atoms with Crippen LogP contribution in [-0.2, 0) is 0 Å². The summed E-state index contributed by atoms with van der Waals surface area (Å²) in [5.41, 5.74) is 0. The molecule has 0 fully saturated rings. The van der Waals surface area contributed by atoms with E-state index in [9.17, 15) is 0 Å². The van der Waals surface area contributed by atoms with Crippen LogP contribution < -0.4 is 37.9 Å². The van der Waals surface area contributed by atoms with Crippen molar-refractivity contribution in [2.75, 3.05) is 56.9 Å². The zero-order chi connectivity index (χ0) is 29.4. The fourth-order valence-corrected chi connectivity index (χ4v) is 9.05. The van der Waals surface area contributed by atoms with Crippen molar-refractivity contribution in [3.8, 4) is 46.0 Å². The van der Waals surface area contributed by atoms with Crippen LogP contribution >= 0.6 is 22.7 Å². The van der Waals surface area contributed by atoms with Crippen LogP contribution in [0, 0.1) is 0 Å². The minimum absolute atomic E-state index is 0.626. The second kappa shape index (κ2) is 9.64. The highest BCUT2D eigenvalue weighted by Gasteiger charge is 2.29. The Labute approximate surface area is 249 Å². The van der Waals surface area contributed by atoms with Gasteiger partial charge in [-0.05, 0) is 45.8 Å². The predicted molar refractivity (Wildman–Crippen MR) is 171 cm³/mol. The molecule has 0 spiro atoms. The molecule has 0 aliphatic carbocycles. The topological polar surface area (TPSA) is 73.8 Å². The molecular weight excluding hydrogens is 576 g/mol. The van der Waals surface area contributed by atoms with Gasteiger partial charge in [-0.3, -0.25) is 0 Å². The Hall–Kier alpha value is -4.28. The second-order valence-corrected chi connectivity index (χ2v) is 11.7. The largest absolute Gasteiger partial charge is 0.493 e. The van der Waals surface area contributed by atoms with Crippen LogP contribution in [0.2, 0.25) is 0 Å². The number of ether oxygens (including phenoxy) is 8. The fourth-order valence-electron chi connectivity index (χ4n) is 6.28. The Kier molecular flexibility index (Phi) is 6.11. The molecule has 42 heavy (non-hydrogen) atoms. The first-order valence-electron chi connectivity index (χ1n) is 13.0. The molecule has 0 aliphatic heterocycles. The summed E-state index contributed by atoms with van der Waals surface area (Å²) < 4.78 is 51.2. The highest BCUT2D eigenvalue weighted by Crippen LogP contribution is 2.59. The Morgan fingerprint density at radius 1 is 0.333 bits per heavy atom. The van der Waals surface area contributed by atoms with Gasteiger partial charge in [0.1, 0.15) is 0 Å². The predicted octanol–water partition coefficient (Wildman–Crippen LogP) is 8.24. The number of rotatable bonds is 8. The van der Waals surface area contributed by atoms with Gasteiger partial charge < -0.3 is 37.9 Å². The highest BCUT2D eigenvalue weighted by molar-refractivity contribution is 7.27. The molecule has 2 aromatic heterocycles. The Morgan fingerprint density at radius 3 is 0.714 bits per heavy atom. The van der Waals surface area contributed by atoms with Gasteiger partial charge in [0.2, 0.25) is 0 Å². The average molecular weight is 605 g/mol. The molecule has 0 saturated heterocycles. The summed E-state index contributed by atoms with van der Waals surface area (Å²) in [7, 11) is 13.3. The zero-order valence-electron chi connectivity index (χ0n) is 24.4. The number of thiophene rings is 2. The third kappa shape index (κ3) is 3.22. The lowest BCUT2D eigenvalue weighted by Gasteiger charge is -2.16. The van der Waals surface area contributed by atoms with Crippen LogP contribution in [0.5, 0.6) is 46.0 Å². The van der Waals surface area contributed by atoms with Crippen molar-refractivity contribution in [1.82, 2.24) is 0 Å². The van der Waals surface area contributed by atoms with Crippen molar-refractivity contribution in [1.29, 1.82) is 0 Å². The van der Waals surface area contributed by atoms with Crippen LogP contribution in [0.1, 0.15) is 0 Å². The normalized spacial score (nSPS) is 11.8. The van der Waals surface area contributed by atoms with Gasteiger partial charge in [-0.15, -0.1) is 22.7 Å². The molecule has 5 aromatic carbocycles. The summed E-state index contributed by atoms with van der Waals surface area (Å²) in [5, 5.41) is 8.02. The number of hydrogen-bond acceptors (Lipinski definition) is 10. The van der Waals surface area contributed by atoms with E-state index in [1.165, 1.54) is 0 Å². The van der Waals surface area contributed by atoms with Crippen molar-refractivity contribution in [2.24, 2.45) is 0 Å². The first kappa shape index (κ1) is 26.6. The second-order valence-electron chi connectivity index (χ2n) is 9.66. The lowest BCUT2D eigenvalue weighted by atomic mass is 9.93. The molecule has 0 bridgehead atoms. The fraction of sp³-hybridized carbons (Fsp3) is 0.250. The van der Waals surface area contributed by atoms with E-state index in [1.807, 2.05) is 24.3 Å². The summed E-state index contributed by atoms with van der Waals surface area (Å²) >= 11 is 3.17. The van der Waals surface area contributed by atoms with Gasteiger partial charge in [0.25, 0.3) is 0 Å². The molecule has 0 atom stereocenters. The molecule has 0 saturated carbocycles. The maximum absolute atomic E-state index is 5.97. The maximum atomic E-state index is 5.97. The molecule has 0 N–H and O–H groups in total. The minimum Gasteiger partial charge on any atom is -0.493 e. The maximum Gasteiger partial charge on any atom is 0.178 e. The smallest absolute Gasteiger partial charge is 0.178 e. The SMILES string of the molecule is COc1cc2c3cc(OC)c(OC)c4sc5c(OC)c(OC)cc(c6cc(OC)c(OC)c7sc(c1OC)c2c76)c5c43. The van der Waals surface area contributed by atoms with E-state index < -0.39 is 0 Å². The number of methoxy groups -OCH3 is 8. The summed E-state index contributed by atoms with van der Waals surface area (Å²) in [6, 6.07) is 8.18. The number of benzene rings is 4. The van der Waals surface area contributed by atoms with Crippen LogP contribution in [0.25, 0.3) is 61.9 Å². The molecule has 0 unspecified atom stereocenters. The van der Waals surface area contributed by atoms with Crippen LogP contribution in [0.4, 0.5) is 0 Å². The van der Waals surface area contributed by atoms with Gasteiger partial charge in [0.15, 0.2) is 46.0 Å². The summed E-state index contributed by atoms with van der Waals surface area (Å²) in [4.78, 5) is 0. The lowest BCUT2D eigenvalue weighted by molar-refractivity contribution is 0.359. The van der Waals surface area contributed by atoms with E-state index in [2.05, 4.69) is 0 Å². The van der Waals surface area contributed by atoms with E-state index in [0.29, 0.717) is 46.0 Å². The third-order valence-corrected chi connectivity index (χ3v) is 10.4. The lowest BCUT2D eigenvalue weighted by Crippen LogP contribution is -1.94. The Bertz CT molecular complexity index is 1890. The van der Waals surface area contributed by atoms with Crippen molar-refractivity contribution in [3.05, 3.63) is 24.3 Å². The van der Waals surface area contributed by atoms with Crippen molar-refractivity contribution < 1.29 is 37.9 Å². The molecule has 0 aliphatic rings. The van der Waals surface area contributed by atoms with E-state index >= 15 is 0 Å². The standard InChI is InChI=1S/C32H28O8S2/c1-33-17-9-13-14-10-18(34-2)27(39-7)31-22(14)24-16(12-20(36-4)28(40-8)32(24)42-31)15-11-19(35-3)26(38-6)30-23(15)21(13)29(41-30)25(17)37-5/h9-12H,1-8H3. The van der Waals surface area contributed by atoms with Gasteiger partial charge in [0.05, 0.1) is 75.7 Å². The molecule has 10 heteroatoms. The highest BCUT2D eigenvalue weighted by atomic mass is 32.1. The first-order valence-corrected chi connectivity index (χ1v) is 14.7. The van der Waals surface area contributed by atoms with Crippen molar-refractivity contribution >= 4 is 84.6 Å². The summed E-state index contributed by atoms with van der Waals surface area (Å²) in [5.74, 6) is 5.13. The quantitative estimate of drug-likeness (QED) is 0.172. The van der Waals surface area contributed by atoms with Gasteiger partial charge in [0, 0.05) is 21.5 Å². The van der Waals surface area contributed by atoms with E-state index in [4.69, 9.17) is 37.9 Å². The summed E-state index contributed by atoms with van der Waals surface area (Å²) in [6.07, 6.45) is 0. The van der Waals surface area contributed by atoms with Crippen molar-refractivity contribution in [2.45, 2.75) is 0 Å². The van der Waals surface area contributed by atoms with Gasteiger partial charge >= 0.3 is 0 Å². The van der Waals surface area contributed by atoms with Gasteiger partial charge in [-0.1, -0.05) is 0 Å². The molecule has 7 rings (SSSR count). The Morgan fingerprint density at radius 2 is 0.548 bits per heavy atom. The molecule has 0 amide bonds. The molecule has 7 aromatic rings. The molecule has 0 radical (unpaired) electrons. The van der Waals surface area contributed by atoms with Crippen molar-refractivity contribution in [3.63, 3.8) is 0 Å². The number of hydrogen-bond donors (Lipinski definition) is 0. The van der Waals surface area contributed by atoms with Crippen LogP contribution in [-0.4, -0.2) is 56.9 Å². The molecule has 216 valence electrons. The molecule has 2 heterocycles. The van der Waals surface area contributed by atoms with E-state index in [-0.39, 0.29) is 0 Å².